The fourth-order valence-electron chi connectivity index (χ4n) is 3.88. The standard InChI is InChI=1S/C22H23NO/c1-16(20-12-6-10-17-7-4-5-11-21(17)20)23-15-22(24)13-18-8-2-3-9-19(18)14-22/h2-12,16,23-24H,13-15H2,1H3. The molecule has 3 aromatic carbocycles. The Bertz CT molecular complexity index is 840. The van der Waals surface area contributed by atoms with Gasteiger partial charge in [0.2, 0.25) is 0 Å². The molecule has 24 heavy (non-hydrogen) atoms. The number of aliphatic hydroxyl groups is 1. The van der Waals surface area contributed by atoms with Crippen LogP contribution in [0.5, 0.6) is 0 Å². The molecule has 0 heterocycles. The Hall–Kier alpha value is -2.16. The molecule has 3 aromatic rings. The summed E-state index contributed by atoms with van der Waals surface area (Å²) in [6, 6.07) is 23.5. The Labute approximate surface area is 143 Å². The average molecular weight is 317 g/mol. The van der Waals surface area contributed by atoms with Crippen molar-refractivity contribution in [1.29, 1.82) is 0 Å². The minimum atomic E-state index is -0.678. The van der Waals surface area contributed by atoms with Crippen molar-refractivity contribution in [2.75, 3.05) is 6.54 Å². The molecule has 4 rings (SSSR count). The second-order valence-corrected chi connectivity index (χ2v) is 7.02. The smallest absolute Gasteiger partial charge is 0.0852 e. The lowest BCUT2D eigenvalue weighted by molar-refractivity contribution is 0.0489. The van der Waals surface area contributed by atoms with Gasteiger partial charge in [0.05, 0.1) is 5.60 Å². The van der Waals surface area contributed by atoms with Crippen LogP contribution in [0.2, 0.25) is 0 Å². The van der Waals surface area contributed by atoms with Crippen LogP contribution in [-0.2, 0) is 12.8 Å². The molecule has 1 atom stereocenters. The molecule has 1 unspecified atom stereocenters. The van der Waals surface area contributed by atoms with Gasteiger partial charge in [-0.05, 0) is 34.4 Å². The molecule has 1 aliphatic rings. The quantitative estimate of drug-likeness (QED) is 0.762. The van der Waals surface area contributed by atoms with Gasteiger partial charge in [-0.15, -0.1) is 0 Å². The van der Waals surface area contributed by atoms with E-state index in [1.165, 1.54) is 27.5 Å². The monoisotopic (exact) mass is 317 g/mol. The third-order valence-corrected chi connectivity index (χ3v) is 5.18. The van der Waals surface area contributed by atoms with Gasteiger partial charge in [0, 0.05) is 25.4 Å². The molecule has 0 amide bonds. The zero-order valence-corrected chi connectivity index (χ0v) is 14.0. The lowest BCUT2D eigenvalue weighted by atomic mass is 9.97. The summed E-state index contributed by atoms with van der Waals surface area (Å²) >= 11 is 0. The Morgan fingerprint density at radius 1 is 0.917 bits per heavy atom. The van der Waals surface area contributed by atoms with Crippen LogP contribution in [0.25, 0.3) is 10.8 Å². The highest BCUT2D eigenvalue weighted by Crippen LogP contribution is 2.30. The van der Waals surface area contributed by atoms with E-state index in [-0.39, 0.29) is 6.04 Å². The van der Waals surface area contributed by atoms with E-state index in [4.69, 9.17) is 0 Å². The molecule has 0 saturated carbocycles. The van der Waals surface area contributed by atoms with E-state index in [1.807, 2.05) is 0 Å². The first-order chi connectivity index (χ1) is 11.6. The zero-order valence-electron chi connectivity index (χ0n) is 14.0. The van der Waals surface area contributed by atoms with E-state index in [9.17, 15) is 5.11 Å². The van der Waals surface area contributed by atoms with Crippen molar-refractivity contribution in [2.45, 2.75) is 31.4 Å². The molecule has 0 fully saturated rings. The summed E-state index contributed by atoms with van der Waals surface area (Å²) in [5, 5.41) is 17.1. The molecule has 0 spiro atoms. The van der Waals surface area contributed by atoms with E-state index in [1.54, 1.807) is 0 Å². The summed E-state index contributed by atoms with van der Waals surface area (Å²) in [5.41, 5.74) is 3.16. The summed E-state index contributed by atoms with van der Waals surface area (Å²) in [6.07, 6.45) is 1.47. The van der Waals surface area contributed by atoms with Crippen LogP contribution in [0.3, 0.4) is 0 Å². The number of benzene rings is 3. The van der Waals surface area contributed by atoms with E-state index in [2.05, 4.69) is 79.0 Å². The highest BCUT2D eigenvalue weighted by molar-refractivity contribution is 5.86. The molecule has 2 nitrogen and oxygen atoms in total. The maximum atomic E-state index is 11.0. The second kappa shape index (κ2) is 6.04. The third kappa shape index (κ3) is 2.83. The van der Waals surface area contributed by atoms with Crippen molar-refractivity contribution in [3.8, 4) is 0 Å². The molecule has 1 aliphatic carbocycles. The highest BCUT2D eigenvalue weighted by Gasteiger charge is 2.34. The van der Waals surface area contributed by atoms with Crippen molar-refractivity contribution in [3.05, 3.63) is 83.4 Å². The van der Waals surface area contributed by atoms with Crippen LogP contribution in [0, 0.1) is 0 Å². The van der Waals surface area contributed by atoms with Gasteiger partial charge < -0.3 is 10.4 Å². The molecule has 0 aromatic heterocycles. The number of fused-ring (bicyclic) bond motifs is 2. The number of rotatable bonds is 4. The van der Waals surface area contributed by atoms with Gasteiger partial charge in [-0.2, -0.15) is 0 Å². The van der Waals surface area contributed by atoms with Gasteiger partial charge in [-0.3, -0.25) is 0 Å². The summed E-state index contributed by atoms with van der Waals surface area (Å²) in [6.45, 7) is 2.78. The van der Waals surface area contributed by atoms with Crippen molar-refractivity contribution in [1.82, 2.24) is 5.32 Å². The Kier molecular flexibility index (Phi) is 3.87. The maximum absolute atomic E-state index is 11.0. The van der Waals surface area contributed by atoms with Crippen LogP contribution in [0.1, 0.15) is 29.7 Å². The second-order valence-electron chi connectivity index (χ2n) is 7.02. The average Bonchev–Trinajstić information content (AvgIpc) is 2.96. The van der Waals surface area contributed by atoms with Crippen LogP contribution >= 0.6 is 0 Å². The summed E-state index contributed by atoms with van der Waals surface area (Å²) in [4.78, 5) is 0. The maximum Gasteiger partial charge on any atom is 0.0852 e. The molecule has 0 aliphatic heterocycles. The van der Waals surface area contributed by atoms with Crippen LogP contribution < -0.4 is 5.32 Å². The normalized spacial score (nSPS) is 16.9. The SMILES string of the molecule is CC(NCC1(O)Cc2ccccc2C1)c1cccc2ccccc12. The summed E-state index contributed by atoms with van der Waals surface area (Å²) in [5.74, 6) is 0. The number of hydrogen-bond donors (Lipinski definition) is 2. The lowest BCUT2D eigenvalue weighted by Crippen LogP contribution is -2.42. The minimum absolute atomic E-state index is 0.198. The van der Waals surface area contributed by atoms with E-state index in [0.29, 0.717) is 6.54 Å². The molecular weight excluding hydrogens is 294 g/mol. The zero-order chi connectivity index (χ0) is 16.6. The predicted octanol–water partition coefficient (Wildman–Crippen LogP) is 4.02. The van der Waals surface area contributed by atoms with Crippen molar-refractivity contribution < 1.29 is 5.11 Å². The summed E-state index contributed by atoms with van der Waals surface area (Å²) < 4.78 is 0. The van der Waals surface area contributed by atoms with Crippen LogP contribution in [0.4, 0.5) is 0 Å². The first-order valence-electron chi connectivity index (χ1n) is 8.65. The lowest BCUT2D eigenvalue weighted by Gasteiger charge is -2.26. The van der Waals surface area contributed by atoms with Gasteiger partial charge in [-0.25, -0.2) is 0 Å². The molecule has 122 valence electrons. The number of hydrogen-bond acceptors (Lipinski definition) is 2. The van der Waals surface area contributed by atoms with E-state index < -0.39 is 5.60 Å². The van der Waals surface area contributed by atoms with Crippen LogP contribution in [0.15, 0.2) is 66.7 Å². The van der Waals surface area contributed by atoms with Crippen molar-refractivity contribution >= 4 is 10.8 Å². The van der Waals surface area contributed by atoms with Crippen molar-refractivity contribution in [2.24, 2.45) is 0 Å². The Morgan fingerprint density at radius 3 is 2.29 bits per heavy atom. The predicted molar refractivity (Wildman–Crippen MR) is 99.2 cm³/mol. The Morgan fingerprint density at radius 2 is 1.54 bits per heavy atom. The third-order valence-electron chi connectivity index (χ3n) is 5.18. The van der Waals surface area contributed by atoms with Gasteiger partial charge >= 0.3 is 0 Å². The van der Waals surface area contributed by atoms with E-state index in [0.717, 1.165) is 12.8 Å². The van der Waals surface area contributed by atoms with Crippen molar-refractivity contribution in [3.63, 3.8) is 0 Å². The van der Waals surface area contributed by atoms with Gasteiger partial charge in [0.1, 0.15) is 0 Å². The largest absolute Gasteiger partial charge is 0.388 e. The molecular formula is C22H23NO. The minimum Gasteiger partial charge on any atom is -0.388 e. The first-order valence-corrected chi connectivity index (χ1v) is 8.65. The number of nitrogens with one attached hydrogen (secondary N) is 1. The molecule has 0 saturated heterocycles. The van der Waals surface area contributed by atoms with Gasteiger partial charge in [0.25, 0.3) is 0 Å². The van der Waals surface area contributed by atoms with Gasteiger partial charge in [-0.1, -0.05) is 66.7 Å². The molecule has 0 bridgehead atoms. The molecule has 2 heteroatoms. The highest BCUT2D eigenvalue weighted by atomic mass is 16.3. The fraction of sp³-hybridized carbons (Fsp3) is 0.273. The van der Waals surface area contributed by atoms with E-state index >= 15 is 0 Å². The topological polar surface area (TPSA) is 32.3 Å². The fourth-order valence-corrected chi connectivity index (χ4v) is 3.88. The Balaban J connectivity index is 1.50. The molecule has 0 radical (unpaired) electrons. The van der Waals surface area contributed by atoms with Gasteiger partial charge in [0.15, 0.2) is 0 Å². The molecule has 2 N–H and O–H groups in total. The van der Waals surface area contributed by atoms with Crippen LogP contribution in [-0.4, -0.2) is 17.3 Å². The summed E-state index contributed by atoms with van der Waals surface area (Å²) in [7, 11) is 0. The first kappa shape index (κ1) is 15.4.